The Morgan fingerprint density at radius 2 is 1.74 bits per heavy atom. The summed E-state index contributed by atoms with van der Waals surface area (Å²) in [5.74, 6) is 1.75. The van der Waals surface area contributed by atoms with E-state index in [1.165, 1.54) is 10.9 Å². The lowest BCUT2D eigenvalue weighted by Crippen LogP contribution is -2.19. The van der Waals surface area contributed by atoms with Gasteiger partial charge >= 0.3 is 0 Å². The Morgan fingerprint density at radius 3 is 2.50 bits per heavy atom. The number of carbonyl (C=O) groups excluding carboxylic acids is 1. The third-order valence-corrected chi connectivity index (χ3v) is 5.00. The van der Waals surface area contributed by atoms with Crippen LogP contribution in [0.1, 0.15) is 16.1 Å². The second-order valence-electron chi connectivity index (χ2n) is 7.05. The fourth-order valence-corrected chi connectivity index (χ4v) is 3.44. The summed E-state index contributed by atoms with van der Waals surface area (Å²) < 4.78 is 27.4. The van der Waals surface area contributed by atoms with Crippen molar-refractivity contribution < 1.29 is 28.4 Å². The van der Waals surface area contributed by atoms with Crippen molar-refractivity contribution in [2.75, 3.05) is 19.3 Å². The first kappa shape index (κ1) is 19.5. The minimum absolute atomic E-state index is 0.0281. The van der Waals surface area contributed by atoms with Crippen molar-refractivity contribution in [3.05, 3.63) is 47.7 Å². The highest BCUT2D eigenvalue weighted by atomic mass is 16.7. The van der Waals surface area contributed by atoms with Gasteiger partial charge in [-0.3, -0.25) is 4.79 Å². The molecule has 14 nitrogen and oxygen atoms in total. The highest BCUT2D eigenvalue weighted by molar-refractivity contribution is 5.99. The van der Waals surface area contributed by atoms with Crippen LogP contribution in [-0.4, -0.2) is 51.0 Å². The van der Waals surface area contributed by atoms with Gasteiger partial charge in [0.2, 0.25) is 25.2 Å². The van der Waals surface area contributed by atoms with Crippen molar-refractivity contribution in [1.82, 2.24) is 30.7 Å². The van der Waals surface area contributed by atoms with Crippen LogP contribution in [0.3, 0.4) is 0 Å². The molecule has 2 aromatic carbocycles. The average Bonchev–Trinajstić information content (AvgIpc) is 3.63. The first-order valence-corrected chi connectivity index (χ1v) is 9.84. The number of nitrogen functional groups attached to an aromatic ring is 1. The molecule has 0 atom stereocenters. The Hall–Kier alpha value is -5.14. The molecule has 2 aliphatic rings. The van der Waals surface area contributed by atoms with Gasteiger partial charge in [-0.2, -0.15) is 9.78 Å². The van der Waals surface area contributed by atoms with Crippen molar-refractivity contribution in [2.24, 2.45) is 5.10 Å². The van der Waals surface area contributed by atoms with E-state index in [1.807, 2.05) is 0 Å². The van der Waals surface area contributed by atoms with Crippen LogP contribution in [0.2, 0.25) is 0 Å². The molecule has 4 aromatic rings. The molecule has 1 amide bonds. The van der Waals surface area contributed by atoms with Crippen molar-refractivity contribution in [2.45, 2.75) is 0 Å². The third-order valence-electron chi connectivity index (χ3n) is 5.00. The quantitative estimate of drug-likeness (QED) is 0.321. The van der Waals surface area contributed by atoms with Crippen LogP contribution in [0.25, 0.3) is 17.1 Å². The zero-order valence-electron chi connectivity index (χ0n) is 17.2. The molecule has 0 bridgehead atoms. The fourth-order valence-electron chi connectivity index (χ4n) is 3.44. The molecule has 2 aliphatic heterocycles. The molecular weight excluding hydrogens is 448 g/mol. The molecule has 0 fully saturated rings. The van der Waals surface area contributed by atoms with Crippen molar-refractivity contribution in [1.29, 1.82) is 0 Å². The number of hydrogen-bond acceptors (Lipinski definition) is 12. The Kier molecular flexibility index (Phi) is 4.47. The van der Waals surface area contributed by atoms with E-state index in [0.717, 1.165) is 0 Å². The van der Waals surface area contributed by atoms with Gasteiger partial charge in [-0.25, -0.2) is 10.1 Å². The number of hydrogen-bond donors (Lipinski definition) is 2. The number of hydrazone groups is 1. The summed E-state index contributed by atoms with van der Waals surface area (Å²) in [4.78, 5) is 13.0. The lowest BCUT2D eigenvalue weighted by atomic mass is 10.1. The van der Waals surface area contributed by atoms with Crippen LogP contribution in [0.4, 0.5) is 5.82 Å². The molecule has 2 aromatic heterocycles. The zero-order valence-corrected chi connectivity index (χ0v) is 17.2. The summed E-state index contributed by atoms with van der Waals surface area (Å²) in [5, 5.41) is 19.4. The maximum atomic E-state index is 13.0. The van der Waals surface area contributed by atoms with Gasteiger partial charge < -0.3 is 24.7 Å². The van der Waals surface area contributed by atoms with Crippen LogP contribution in [-0.2, 0) is 0 Å². The number of nitrogens with one attached hydrogen (secondary N) is 1. The second-order valence-corrected chi connectivity index (χ2v) is 7.05. The van der Waals surface area contributed by atoms with Crippen LogP contribution >= 0.6 is 0 Å². The number of fused-ring (bicyclic) bond motifs is 2. The van der Waals surface area contributed by atoms with Crippen molar-refractivity contribution in [3.63, 3.8) is 0 Å². The topological polar surface area (TPSA) is 174 Å². The highest BCUT2D eigenvalue weighted by Crippen LogP contribution is 2.37. The number of aromatic nitrogens is 5. The van der Waals surface area contributed by atoms with E-state index in [9.17, 15) is 4.79 Å². The molecule has 170 valence electrons. The van der Waals surface area contributed by atoms with Gasteiger partial charge in [-0.15, -0.1) is 5.10 Å². The van der Waals surface area contributed by atoms with Crippen LogP contribution < -0.4 is 30.1 Å². The minimum Gasteiger partial charge on any atom is -0.454 e. The van der Waals surface area contributed by atoms with Gasteiger partial charge in [0, 0.05) is 5.56 Å². The van der Waals surface area contributed by atoms with Gasteiger partial charge in [0.1, 0.15) is 5.69 Å². The largest absolute Gasteiger partial charge is 0.454 e. The number of carbonyl (C=O) groups is 1. The summed E-state index contributed by atoms with van der Waals surface area (Å²) in [6.45, 7) is 0.259. The number of amides is 1. The summed E-state index contributed by atoms with van der Waals surface area (Å²) in [6, 6.07) is 10.4. The van der Waals surface area contributed by atoms with Gasteiger partial charge in [0.05, 0.1) is 6.21 Å². The minimum atomic E-state index is -0.620. The van der Waals surface area contributed by atoms with E-state index in [2.05, 4.69) is 35.8 Å². The molecular formula is C20H14N8O6. The van der Waals surface area contributed by atoms with E-state index in [0.29, 0.717) is 34.1 Å². The Bertz CT molecular complexity index is 1440. The molecule has 0 unspecified atom stereocenters. The molecule has 0 saturated carbocycles. The van der Waals surface area contributed by atoms with E-state index >= 15 is 0 Å². The number of ether oxygens (including phenoxy) is 4. The number of rotatable bonds is 5. The maximum absolute atomic E-state index is 13.0. The predicted octanol–water partition coefficient (Wildman–Crippen LogP) is 1.12. The Morgan fingerprint density at radius 1 is 1.00 bits per heavy atom. The van der Waals surface area contributed by atoms with Crippen LogP contribution in [0.15, 0.2) is 46.1 Å². The van der Waals surface area contributed by atoms with Gasteiger partial charge in [0.15, 0.2) is 28.7 Å². The van der Waals surface area contributed by atoms with E-state index < -0.39 is 5.91 Å². The number of nitrogens with zero attached hydrogens (tertiary/aromatic N) is 6. The Labute approximate surface area is 189 Å². The van der Waals surface area contributed by atoms with Crippen molar-refractivity contribution >= 4 is 17.9 Å². The zero-order chi connectivity index (χ0) is 23.1. The number of benzene rings is 2. The molecule has 0 aliphatic carbocycles. The maximum Gasteiger partial charge on any atom is 0.294 e. The molecule has 0 spiro atoms. The molecule has 6 rings (SSSR count). The van der Waals surface area contributed by atoms with Gasteiger partial charge in [-0.05, 0) is 52.3 Å². The second kappa shape index (κ2) is 7.77. The first-order chi connectivity index (χ1) is 16.7. The van der Waals surface area contributed by atoms with E-state index in [-0.39, 0.29) is 36.6 Å². The van der Waals surface area contributed by atoms with Crippen LogP contribution in [0, 0.1) is 0 Å². The third kappa shape index (κ3) is 3.29. The standard InChI is InChI=1S/C20H14N8O6/c21-18-19(26-34-25-18)28-17(11-2-4-13-15(6-11)33-9-31-13)16(23-27-28)20(29)24-22-7-10-1-3-12-14(5-10)32-8-30-12/h1-7H,8-9H2,(H2,21,25)(H,24,29). The van der Waals surface area contributed by atoms with Crippen LogP contribution in [0.5, 0.6) is 23.0 Å². The monoisotopic (exact) mass is 462 g/mol. The lowest BCUT2D eigenvalue weighted by molar-refractivity contribution is 0.0950. The molecule has 14 heteroatoms. The molecule has 0 radical (unpaired) electrons. The number of anilines is 1. The molecule has 0 saturated heterocycles. The SMILES string of the molecule is Nc1nonc1-n1nnc(C(=O)NN=Cc2ccc3c(c2)OCO3)c1-c1ccc2c(c1)OCO2. The fraction of sp³-hybridized carbons (Fsp3) is 0.100. The number of nitrogens with two attached hydrogens (primary N) is 1. The highest BCUT2D eigenvalue weighted by Gasteiger charge is 2.26. The predicted molar refractivity (Wildman–Crippen MR) is 113 cm³/mol. The Balaban J connectivity index is 1.33. The molecule has 4 heterocycles. The summed E-state index contributed by atoms with van der Waals surface area (Å²) in [6.07, 6.45) is 1.46. The summed E-state index contributed by atoms with van der Waals surface area (Å²) >= 11 is 0. The summed E-state index contributed by atoms with van der Waals surface area (Å²) in [7, 11) is 0. The van der Waals surface area contributed by atoms with Gasteiger partial charge in [-0.1, -0.05) is 5.21 Å². The molecule has 34 heavy (non-hydrogen) atoms. The average molecular weight is 462 g/mol. The van der Waals surface area contributed by atoms with E-state index in [1.54, 1.807) is 36.4 Å². The lowest BCUT2D eigenvalue weighted by Gasteiger charge is -2.07. The normalized spacial score (nSPS) is 13.5. The summed E-state index contributed by atoms with van der Waals surface area (Å²) in [5.41, 5.74) is 9.76. The molecule has 3 N–H and O–H groups in total. The smallest absolute Gasteiger partial charge is 0.294 e. The van der Waals surface area contributed by atoms with E-state index in [4.69, 9.17) is 24.7 Å². The van der Waals surface area contributed by atoms with Crippen molar-refractivity contribution in [3.8, 4) is 40.1 Å². The van der Waals surface area contributed by atoms with Gasteiger partial charge in [0.25, 0.3) is 5.91 Å². The first-order valence-electron chi connectivity index (χ1n) is 9.84.